The number of nitrogens with zero attached hydrogens (tertiary/aromatic N) is 2. The maximum atomic E-state index is 9.81. The van der Waals surface area contributed by atoms with E-state index in [0.29, 0.717) is 6.42 Å². The fourth-order valence-electron chi connectivity index (χ4n) is 1.19. The molecular formula is C12H24N2O. The molecule has 1 aliphatic rings. The van der Waals surface area contributed by atoms with E-state index in [0.717, 1.165) is 13.1 Å². The van der Waals surface area contributed by atoms with Crippen molar-refractivity contribution in [1.82, 2.24) is 9.80 Å². The number of rotatable bonds is 2. The van der Waals surface area contributed by atoms with Crippen molar-refractivity contribution in [3.8, 4) is 0 Å². The van der Waals surface area contributed by atoms with Gasteiger partial charge in [0.1, 0.15) is 5.78 Å². The van der Waals surface area contributed by atoms with E-state index in [1.54, 1.807) is 6.92 Å². The molecule has 0 spiro atoms. The number of allylic oxidation sites excluding steroid dienone is 1. The maximum Gasteiger partial charge on any atom is 0.129 e. The van der Waals surface area contributed by atoms with Crippen LogP contribution in [-0.4, -0.2) is 48.8 Å². The van der Waals surface area contributed by atoms with Gasteiger partial charge in [-0.05, 0) is 20.9 Å². The Bertz CT molecular complexity index is 206. The molecule has 88 valence electrons. The molecule has 1 fully saturated rings. The molecule has 0 aromatic carbocycles. The SMILES string of the molecule is C=C(C)N1CCN(C)CC1.CCC(C)=O. The molecule has 0 aromatic rings. The Labute approximate surface area is 93.7 Å². The van der Waals surface area contributed by atoms with Gasteiger partial charge in [0.05, 0.1) is 0 Å². The molecule has 0 radical (unpaired) electrons. The van der Waals surface area contributed by atoms with Gasteiger partial charge in [0.25, 0.3) is 0 Å². The average Bonchev–Trinajstić information content (AvgIpc) is 2.19. The van der Waals surface area contributed by atoms with E-state index in [-0.39, 0.29) is 5.78 Å². The van der Waals surface area contributed by atoms with Crippen LogP contribution in [0.3, 0.4) is 0 Å². The van der Waals surface area contributed by atoms with Crippen molar-refractivity contribution in [2.24, 2.45) is 0 Å². The van der Waals surface area contributed by atoms with Gasteiger partial charge in [-0.3, -0.25) is 0 Å². The molecule has 15 heavy (non-hydrogen) atoms. The van der Waals surface area contributed by atoms with Crippen molar-refractivity contribution in [2.75, 3.05) is 33.2 Å². The number of hydrogen-bond donors (Lipinski definition) is 0. The molecule has 3 heteroatoms. The van der Waals surface area contributed by atoms with Crippen LogP contribution in [0.15, 0.2) is 12.3 Å². The molecule has 0 unspecified atom stereocenters. The lowest BCUT2D eigenvalue weighted by molar-refractivity contribution is -0.116. The van der Waals surface area contributed by atoms with Gasteiger partial charge in [0.2, 0.25) is 0 Å². The van der Waals surface area contributed by atoms with Gasteiger partial charge < -0.3 is 14.6 Å². The summed E-state index contributed by atoms with van der Waals surface area (Å²) in [5.41, 5.74) is 1.20. The average molecular weight is 212 g/mol. The number of carbonyl (C=O) groups excluding carboxylic acids is 1. The van der Waals surface area contributed by atoms with Crippen molar-refractivity contribution in [1.29, 1.82) is 0 Å². The second-order valence-electron chi connectivity index (χ2n) is 4.08. The standard InChI is InChI=1S/C8H16N2.C4H8O/c1-8(2)10-6-4-9(3)5-7-10;1-3-4(2)5/h1,4-7H2,2-3H3;3H2,1-2H3. The van der Waals surface area contributed by atoms with Crippen molar-refractivity contribution in [3.05, 3.63) is 12.3 Å². The highest BCUT2D eigenvalue weighted by Gasteiger charge is 2.11. The lowest BCUT2D eigenvalue weighted by Gasteiger charge is -2.33. The first-order valence-electron chi connectivity index (χ1n) is 5.55. The Hall–Kier alpha value is -0.830. The third kappa shape index (κ3) is 7.14. The number of piperazine rings is 1. The van der Waals surface area contributed by atoms with Crippen LogP contribution in [0.25, 0.3) is 0 Å². The van der Waals surface area contributed by atoms with E-state index >= 15 is 0 Å². The second kappa shape index (κ2) is 7.46. The predicted molar refractivity (Wildman–Crippen MR) is 64.9 cm³/mol. The predicted octanol–water partition coefficient (Wildman–Crippen LogP) is 1.75. The fourth-order valence-corrected chi connectivity index (χ4v) is 1.19. The fraction of sp³-hybridized carbons (Fsp3) is 0.750. The third-order valence-electron chi connectivity index (χ3n) is 2.54. The summed E-state index contributed by atoms with van der Waals surface area (Å²) in [6, 6.07) is 0. The summed E-state index contributed by atoms with van der Waals surface area (Å²) in [4.78, 5) is 14.5. The van der Waals surface area contributed by atoms with E-state index in [4.69, 9.17) is 0 Å². The summed E-state index contributed by atoms with van der Waals surface area (Å²) < 4.78 is 0. The Morgan fingerprint density at radius 3 is 1.87 bits per heavy atom. The van der Waals surface area contributed by atoms with Crippen molar-refractivity contribution in [2.45, 2.75) is 27.2 Å². The van der Waals surface area contributed by atoms with Gasteiger partial charge in [-0.2, -0.15) is 0 Å². The first-order valence-corrected chi connectivity index (χ1v) is 5.55. The molecular weight excluding hydrogens is 188 g/mol. The zero-order valence-corrected chi connectivity index (χ0v) is 10.5. The highest BCUT2D eigenvalue weighted by Crippen LogP contribution is 2.04. The van der Waals surface area contributed by atoms with Crippen LogP contribution in [0.1, 0.15) is 27.2 Å². The van der Waals surface area contributed by atoms with Crippen LogP contribution in [-0.2, 0) is 4.79 Å². The van der Waals surface area contributed by atoms with Crippen molar-refractivity contribution < 1.29 is 4.79 Å². The van der Waals surface area contributed by atoms with Crippen LogP contribution < -0.4 is 0 Å². The summed E-state index contributed by atoms with van der Waals surface area (Å²) in [5, 5.41) is 0. The van der Waals surface area contributed by atoms with Gasteiger partial charge in [-0.1, -0.05) is 13.5 Å². The summed E-state index contributed by atoms with van der Waals surface area (Å²) >= 11 is 0. The number of likely N-dealkylation sites (N-methyl/N-ethyl adjacent to an activating group) is 1. The molecule has 0 N–H and O–H groups in total. The van der Waals surface area contributed by atoms with Crippen LogP contribution in [0, 0.1) is 0 Å². The molecule has 1 rings (SSSR count). The number of carbonyl (C=O) groups is 1. The summed E-state index contributed by atoms with van der Waals surface area (Å²) in [6.45, 7) is 14.1. The smallest absolute Gasteiger partial charge is 0.129 e. The van der Waals surface area contributed by atoms with Crippen LogP contribution in [0.2, 0.25) is 0 Å². The zero-order chi connectivity index (χ0) is 11.8. The minimum absolute atomic E-state index is 0.255. The summed E-state index contributed by atoms with van der Waals surface area (Å²) in [6.07, 6.45) is 0.667. The van der Waals surface area contributed by atoms with Gasteiger partial charge in [-0.15, -0.1) is 0 Å². The lowest BCUT2D eigenvalue weighted by Crippen LogP contribution is -2.43. The molecule has 1 saturated heterocycles. The Morgan fingerprint density at radius 2 is 1.60 bits per heavy atom. The molecule has 1 heterocycles. The highest BCUT2D eigenvalue weighted by atomic mass is 16.1. The lowest BCUT2D eigenvalue weighted by atomic mass is 10.3. The van der Waals surface area contributed by atoms with Crippen LogP contribution in [0.4, 0.5) is 0 Å². The molecule has 0 bridgehead atoms. The topological polar surface area (TPSA) is 23.6 Å². The summed E-state index contributed by atoms with van der Waals surface area (Å²) in [7, 11) is 2.16. The maximum absolute atomic E-state index is 9.81. The number of ketones is 1. The van der Waals surface area contributed by atoms with E-state index in [9.17, 15) is 4.79 Å². The van der Waals surface area contributed by atoms with E-state index in [2.05, 4.69) is 30.4 Å². The highest BCUT2D eigenvalue weighted by molar-refractivity contribution is 5.74. The van der Waals surface area contributed by atoms with E-state index in [1.165, 1.54) is 18.8 Å². The Balaban J connectivity index is 0.000000336. The molecule has 0 aromatic heterocycles. The van der Waals surface area contributed by atoms with Gasteiger partial charge in [0, 0.05) is 38.3 Å². The molecule has 0 atom stereocenters. The van der Waals surface area contributed by atoms with Crippen molar-refractivity contribution in [3.63, 3.8) is 0 Å². The van der Waals surface area contributed by atoms with E-state index in [1.807, 2.05) is 6.92 Å². The largest absolute Gasteiger partial charge is 0.373 e. The van der Waals surface area contributed by atoms with Crippen molar-refractivity contribution >= 4 is 5.78 Å². The van der Waals surface area contributed by atoms with Crippen LogP contribution in [0.5, 0.6) is 0 Å². The molecule has 1 aliphatic heterocycles. The Kier molecular flexibility index (Phi) is 7.05. The third-order valence-corrected chi connectivity index (χ3v) is 2.54. The normalized spacial score (nSPS) is 16.7. The molecule has 0 aliphatic carbocycles. The molecule has 0 amide bonds. The zero-order valence-electron chi connectivity index (χ0n) is 10.5. The minimum atomic E-state index is 0.255. The van der Waals surface area contributed by atoms with Gasteiger partial charge in [0.15, 0.2) is 0 Å². The first-order chi connectivity index (χ1) is 6.97. The van der Waals surface area contributed by atoms with Gasteiger partial charge >= 0.3 is 0 Å². The minimum Gasteiger partial charge on any atom is -0.373 e. The van der Waals surface area contributed by atoms with Crippen LogP contribution >= 0.6 is 0 Å². The molecule has 3 nitrogen and oxygen atoms in total. The second-order valence-corrected chi connectivity index (χ2v) is 4.08. The first kappa shape index (κ1) is 14.2. The van der Waals surface area contributed by atoms with Gasteiger partial charge in [-0.25, -0.2) is 0 Å². The Morgan fingerprint density at radius 1 is 1.20 bits per heavy atom. The monoisotopic (exact) mass is 212 g/mol. The molecule has 0 saturated carbocycles. The summed E-state index contributed by atoms with van der Waals surface area (Å²) in [5.74, 6) is 0.255. The van der Waals surface area contributed by atoms with E-state index < -0.39 is 0 Å². The number of Topliss-reactive ketones (excluding diaryl/α,β-unsaturated/α-hetero) is 1. The quantitative estimate of drug-likeness (QED) is 0.697. The number of hydrogen-bond acceptors (Lipinski definition) is 3.